The van der Waals surface area contributed by atoms with E-state index in [0.29, 0.717) is 13.1 Å². The number of hydrogen-bond donors (Lipinski definition) is 2. The standard InChI is InChI=1S/C5H11FN2/c6-5-3-8-2-4(5)1-7/h4-5,8H,1-3,7H2. The number of halogens is 1. The van der Waals surface area contributed by atoms with Crippen molar-refractivity contribution >= 4 is 0 Å². The lowest BCUT2D eigenvalue weighted by molar-refractivity contribution is 0.288. The molecule has 0 radical (unpaired) electrons. The van der Waals surface area contributed by atoms with Crippen LogP contribution in [0.5, 0.6) is 0 Å². The zero-order chi connectivity index (χ0) is 5.98. The minimum Gasteiger partial charge on any atom is -0.330 e. The molecule has 0 bridgehead atoms. The van der Waals surface area contributed by atoms with Gasteiger partial charge in [0.2, 0.25) is 0 Å². The monoisotopic (exact) mass is 118 g/mol. The Bertz CT molecular complexity index is 76.8. The maximum Gasteiger partial charge on any atom is 0.118 e. The Hall–Kier alpha value is -0.150. The van der Waals surface area contributed by atoms with Crippen LogP contribution < -0.4 is 11.1 Å². The SMILES string of the molecule is NCC1CNCC1F. The summed E-state index contributed by atoms with van der Waals surface area (Å²) in [6, 6.07) is 0. The van der Waals surface area contributed by atoms with Crippen molar-refractivity contribution in [3.8, 4) is 0 Å². The van der Waals surface area contributed by atoms with Crippen molar-refractivity contribution < 1.29 is 4.39 Å². The molecule has 0 aromatic carbocycles. The Labute approximate surface area is 48.2 Å². The average Bonchev–Trinajstić information content (AvgIpc) is 2.14. The molecule has 1 fully saturated rings. The van der Waals surface area contributed by atoms with Gasteiger partial charge < -0.3 is 11.1 Å². The van der Waals surface area contributed by atoms with Crippen molar-refractivity contribution in [2.45, 2.75) is 6.17 Å². The van der Waals surface area contributed by atoms with E-state index in [4.69, 9.17) is 5.73 Å². The third-order valence-electron chi connectivity index (χ3n) is 1.56. The second kappa shape index (κ2) is 2.42. The molecule has 2 atom stereocenters. The molecule has 2 unspecified atom stereocenters. The fourth-order valence-corrected chi connectivity index (χ4v) is 0.932. The number of nitrogens with two attached hydrogens (primary N) is 1. The van der Waals surface area contributed by atoms with Gasteiger partial charge in [-0.2, -0.15) is 0 Å². The van der Waals surface area contributed by atoms with Crippen LogP contribution in [0.3, 0.4) is 0 Å². The van der Waals surface area contributed by atoms with Crippen molar-refractivity contribution in [3.05, 3.63) is 0 Å². The van der Waals surface area contributed by atoms with Crippen LogP contribution in [0.4, 0.5) is 4.39 Å². The van der Waals surface area contributed by atoms with Crippen molar-refractivity contribution in [3.63, 3.8) is 0 Å². The van der Waals surface area contributed by atoms with Gasteiger partial charge in [-0.05, 0) is 6.54 Å². The molecule has 0 amide bonds. The highest BCUT2D eigenvalue weighted by molar-refractivity contribution is 4.80. The second-order valence-corrected chi connectivity index (χ2v) is 2.17. The minimum atomic E-state index is -0.708. The van der Waals surface area contributed by atoms with Gasteiger partial charge in [0, 0.05) is 19.0 Å². The number of nitrogens with one attached hydrogen (secondary N) is 1. The van der Waals surface area contributed by atoms with Crippen molar-refractivity contribution in [2.75, 3.05) is 19.6 Å². The molecule has 0 spiro atoms. The van der Waals surface area contributed by atoms with Gasteiger partial charge in [0.15, 0.2) is 0 Å². The molecule has 48 valence electrons. The van der Waals surface area contributed by atoms with E-state index in [2.05, 4.69) is 5.32 Å². The first-order valence-corrected chi connectivity index (χ1v) is 2.89. The molecule has 3 N–H and O–H groups in total. The average molecular weight is 118 g/mol. The first-order chi connectivity index (χ1) is 3.84. The maximum atomic E-state index is 12.4. The van der Waals surface area contributed by atoms with Crippen LogP contribution in [0, 0.1) is 5.92 Å². The molecule has 0 aromatic heterocycles. The van der Waals surface area contributed by atoms with Gasteiger partial charge in [-0.15, -0.1) is 0 Å². The molecule has 3 heteroatoms. The molecule has 0 aliphatic carbocycles. The molecule has 2 nitrogen and oxygen atoms in total. The lowest BCUT2D eigenvalue weighted by atomic mass is 10.1. The molecule has 1 heterocycles. The first kappa shape index (κ1) is 5.98. The van der Waals surface area contributed by atoms with E-state index >= 15 is 0 Å². The van der Waals surface area contributed by atoms with E-state index < -0.39 is 6.17 Å². The normalized spacial score (nSPS) is 38.2. The van der Waals surface area contributed by atoms with Gasteiger partial charge in [0.25, 0.3) is 0 Å². The summed E-state index contributed by atoms with van der Waals surface area (Å²) in [6.07, 6.45) is -0.708. The predicted molar refractivity (Wildman–Crippen MR) is 30.3 cm³/mol. The number of hydrogen-bond acceptors (Lipinski definition) is 2. The van der Waals surface area contributed by atoms with Crippen LogP contribution >= 0.6 is 0 Å². The Morgan fingerprint density at radius 3 is 2.62 bits per heavy atom. The van der Waals surface area contributed by atoms with Gasteiger partial charge in [-0.25, -0.2) is 4.39 Å². The highest BCUT2D eigenvalue weighted by Gasteiger charge is 2.24. The van der Waals surface area contributed by atoms with Gasteiger partial charge in [-0.1, -0.05) is 0 Å². The third kappa shape index (κ3) is 0.980. The summed E-state index contributed by atoms with van der Waals surface area (Å²) < 4.78 is 12.4. The summed E-state index contributed by atoms with van der Waals surface area (Å²) >= 11 is 0. The molecule has 8 heavy (non-hydrogen) atoms. The minimum absolute atomic E-state index is 0.0648. The van der Waals surface area contributed by atoms with Gasteiger partial charge in [0.1, 0.15) is 6.17 Å². The predicted octanol–water partition coefficient (Wildman–Crippen LogP) is -0.497. The Morgan fingerprint density at radius 2 is 2.38 bits per heavy atom. The molecule has 1 aliphatic rings. The number of rotatable bonds is 1. The van der Waals surface area contributed by atoms with E-state index in [0.717, 1.165) is 6.54 Å². The fraction of sp³-hybridized carbons (Fsp3) is 1.00. The van der Waals surface area contributed by atoms with Crippen LogP contribution in [0.15, 0.2) is 0 Å². The van der Waals surface area contributed by atoms with Gasteiger partial charge in [0.05, 0.1) is 0 Å². The quantitative estimate of drug-likeness (QED) is 0.487. The summed E-state index contributed by atoms with van der Waals surface area (Å²) in [5, 5.41) is 2.92. The highest BCUT2D eigenvalue weighted by Crippen LogP contribution is 2.09. The van der Waals surface area contributed by atoms with Crippen molar-refractivity contribution in [1.29, 1.82) is 0 Å². The zero-order valence-electron chi connectivity index (χ0n) is 4.73. The highest BCUT2D eigenvalue weighted by atomic mass is 19.1. The first-order valence-electron chi connectivity index (χ1n) is 2.89. The summed E-state index contributed by atoms with van der Waals surface area (Å²) in [5.74, 6) is 0.0648. The van der Waals surface area contributed by atoms with Crippen LogP contribution in [-0.4, -0.2) is 25.8 Å². The van der Waals surface area contributed by atoms with Gasteiger partial charge in [-0.3, -0.25) is 0 Å². The Kier molecular flexibility index (Phi) is 1.81. The summed E-state index contributed by atoms with van der Waals surface area (Å²) in [6.45, 7) is 1.70. The summed E-state index contributed by atoms with van der Waals surface area (Å²) in [4.78, 5) is 0. The molecule has 0 aromatic rings. The Balaban J connectivity index is 2.30. The molecule has 1 rings (SSSR count). The lowest BCUT2D eigenvalue weighted by Gasteiger charge is -2.05. The second-order valence-electron chi connectivity index (χ2n) is 2.17. The molecule has 1 saturated heterocycles. The number of alkyl halides is 1. The van der Waals surface area contributed by atoms with E-state index in [1.54, 1.807) is 0 Å². The molecular weight excluding hydrogens is 107 g/mol. The topological polar surface area (TPSA) is 38.0 Å². The third-order valence-corrected chi connectivity index (χ3v) is 1.56. The maximum absolute atomic E-state index is 12.4. The van der Waals surface area contributed by atoms with Crippen LogP contribution in [0.25, 0.3) is 0 Å². The van der Waals surface area contributed by atoms with Crippen LogP contribution in [0.2, 0.25) is 0 Å². The Morgan fingerprint density at radius 1 is 1.62 bits per heavy atom. The largest absolute Gasteiger partial charge is 0.330 e. The smallest absolute Gasteiger partial charge is 0.118 e. The summed E-state index contributed by atoms with van der Waals surface area (Å²) in [7, 11) is 0. The molecule has 0 saturated carbocycles. The van der Waals surface area contributed by atoms with E-state index in [1.165, 1.54) is 0 Å². The van der Waals surface area contributed by atoms with Crippen LogP contribution in [-0.2, 0) is 0 Å². The van der Waals surface area contributed by atoms with E-state index in [1.807, 2.05) is 0 Å². The lowest BCUT2D eigenvalue weighted by Crippen LogP contribution is -2.22. The fourth-order valence-electron chi connectivity index (χ4n) is 0.932. The summed E-state index contributed by atoms with van der Waals surface area (Å²) in [5.41, 5.74) is 5.24. The van der Waals surface area contributed by atoms with Crippen LogP contribution in [0.1, 0.15) is 0 Å². The zero-order valence-corrected chi connectivity index (χ0v) is 4.73. The van der Waals surface area contributed by atoms with E-state index in [-0.39, 0.29) is 5.92 Å². The van der Waals surface area contributed by atoms with Crippen molar-refractivity contribution in [2.24, 2.45) is 11.7 Å². The van der Waals surface area contributed by atoms with Gasteiger partial charge >= 0.3 is 0 Å². The molecule has 1 aliphatic heterocycles. The molecular formula is C5H11FN2. The van der Waals surface area contributed by atoms with Crippen molar-refractivity contribution in [1.82, 2.24) is 5.32 Å². The van der Waals surface area contributed by atoms with E-state index in [9.17, 15) is 4.39 Å².